The highest BCUT2D eigenvalue weighted by molar-refractivity contribution is 5.77. The van der Waals surface area contributed by atoms with Crippen LogP contribution in [0, 0.1) is 0 Å². The monoisotopic (exact) mass is 579 g/mol. The third-order valence-electron chi connectivity index (χ3n) is 8.88. The van der Waals surface area contributed by atoms with Crippen molar-refractivity contribution < 1.29 is 4.79 Å². The molecule has 41 heavy (non-hydrogen) atoms. The van der Waals surface area contributed by atoms with Crippen LogP contribution >= 0.6 is 0 Å². The Balaban J connectivity index is 4.03. The van der Waals surface area contributed by atoms with E-state index in [0.717, 1.165) is 26.1 Å². The molecule has 0 fully saturated rings. The van der Waals surface area contributed by atoms with E-state index in [1.807, 2.05) is 0 Å². The molecule has 0 aliphatic rings. The van der Waals surface area contributed by atoms with Crippen LogP contribution in [0.3, 0.4) is 0 Å². The summed E-state index contributed by atoms with van der Waals surface area (Å²) in [7, 11) is 0. The molecular weight excluding hydrogens is 500 g/mol. The molecule has 0 aromatic carbocycles. The number of hydrogen-bond donors (Lipinski definition) is 1. The highest BCUT2D eigenvalue weighted by Gasteiger charge is 2.10. The van der Waals surface area contributed by atoms with E-state index in [2.05, 4.69) is 31.0 Å². The molecule has 0 heterocycles. The maximum atomic E-state index is 12.7. The van der Waals surface area contributed by atoms with Gasteiger partial charge in [0, 0.05) is 6.54 Å². The predicted molar refractivity (Wildman–Crippen MR) is 185 cm³/mol. The lowest BCUT2D eigenvalue weighted by Gasteiger charge is -2.22. The topological polar surface area (TPSA) is 32.3 Å². The molecule has 0 aliphatic carbocycles. The van der Waals surface area contributed by atoms with E-state index in [0.29, 0.717) is 6.54 Å². The largest absolute Gasteiger partial charge is 0.355 e. The summed E-state index contributed by atoms with van der Waals surface area (Å²) in [6, 6.07) is 0. The lowest BCUT2D eigenvalue weighted by molar-refractivity contribution is -0.122. The van der Waals surface area contributed by atoms with Gasteiger partial charge in [-0.1, -0.05) is 194 Å². The van der Waals surface area contributed by atoms with E-state index in [1.54, 1.807) is 0 Å². The van der Waals surface area contributed by atoms with Crippen molar-refractivity contribution in [3.05, 3.63) is 0 Å². The Bertz CT molecular complexity index is 471. The van der Waals surface area contributed by atoms with E-state index < -0.39 is 0 Å². The summed E-state index contributed by atoms with van der Waals surface area (Å²) in [4.78, 5) is 15.2. The molecule has 0 radical (unpaired) electrons. The Labute approximate surface area is 260 Å². The summed E-state index contributed by atoms with van der Waals surface area (Å²) in [5.41, 5.74) is 0. The summed E-state index contributed by atoms with van der Waals surface area (Å²) < 4.78 is 0. The minimum Gasteiger partial charge on any atom is -0.355 e. The van der Waals surface area contributed by atoms with Gasteiger partial charge in [0.1, 0.15) is 0 Å². The number of carbonyl (C=O) groups excluding carboxylic acids is 1. The Morgan fingerprint density at radius 3 is 0.976 bits per heavy atom. The molecule has 0 spiro atoms. The lowest BCUT2D eigenvalue weighted by Crippen LogP contribution is -2.38. The average molecular weight is 579 g/mol. The molecule has 0 bridgehead atoms. The first kappa shape index (κ1) is 40.4. The zero-order valence-corrected chi connectivity index (χ0v) is 28.9. The van der Waals surface area contributed by atoms with Crippen molar-refractivity contribution in [2.75, 3.05) is 26.2 Å². The highest BCUT2D eigenvalue weighted by atomic mass is 16.2. The van der Waals surface area contributed by atoms with Gasteiger partial charge in [0.15, 0.2) is 0 Å². The van der Waals surface area contributed by atoms with E-state index in [4.69, 9.17) is 0 Å². The van der Waals surface area contributed by atoms with E-state index in [-0.39, 0.29) is 5.91 Å². The molecule has 0 aromatic heterocycles. The Kier molecular flexibility index (Phi) is 35.1. The Morgan fingerprint density at radius 1 is 0.390 bits per heavy atom. The number of nitrogens with zero attached hydrogens (tertiary/aromatic N) is 1. The normalized spacial score (nSPS) is 11.5. The van der Waals surface area contributed by atoms with Crippen molar-refractivity contribution in [3.63, 3.8) is 0 Å². The Morgan fingerprint density at radius 2 is 0.659 bits per heavy atom. The fraction of sp³-hybridized carbons (Fsp3) is 0.974. The van der Waals surface area contributed by atoms with Gasteiger partial charge >= 0.3 is 0 Å². The summed E-state index contributed by atoms with van der Waals surface area (Å²) in [6.45, 7) is 10.5. The third-order valence-corrected chi connectivity index (χ3v) is 8.88. The SMILES string of the molecule is CCCCCCCCCCCCNC(=O)CN(CCCCCCCCCCCC)CCCCCCCCCCCC. The maximum absolute atomic E-state index is 12.7. The molecule has 0 saturated heterocycles. The maximum Gasteiger partial charge on any atom is 0.234 e. The second-order valence-electron chi connectivity index (χ2n) is 13.2. The van der Waals surface area contributed by atoms with Gasteiger partial charge in [0.05, 0.1) is 6.54 Å². The summed E-state index contributed by atoms with van der Waals surface area (Å²) >= 11 is 0. The standard InChI is InChI=1S/C38H78N2O/c1-4-7-10-13-16-19-22-25-28-31-34-39-38(41)37-40(35-32-29-26-23-20-17-14-11-8-5-2)36-33-30-27-24-21-18-15-12-9-6-3/h4-37H2,1-3H3,(H,39,41). The summed E-state index contributed by atoms with van der Waals surface area (Å²) in [6.07, 6.45) is 41.0. The molecular formula is C38H78N2O. The average Bonchev–Trinajstić information content (AvgIpc) is 2.97. The van der Waals surface area contributed by atoms with Crippen LogP contribution in [-0.4, -0.2) is 37.0 Å². The van der Waals surface area contributed by atoms with Crippen LogP contribution in [0.15, 0.2) is 0 Å². The second kappa shape index (κ2) is 35.6. The van der Waals surface area contributed by atoms with Crippen LogP contribution in [0.4, 0.5) is 0 Å². The van der Waals surface area contributed by atoms with Crippen molar-refractivity contribution >= 4 is 5.91 Å². The first-order chi connectivity index (χ1) is 20.2. The fourth-order valence-corrected chi connectivity index (χ4v) is 6.01. The number of amides is 1. The second-order valence-corrected chi connectivity index (χ2v) is 13.2. The van der Waals surface area contributed by atoms with E-state index >= 15 is 0 Å². The van der Waals surface area contributed by atoms with E-state index in [1.165, 1.54) is 186 Å². The van der Waals surface area contributed by atoms with Crippen LogP contribution < -0.4 is 5.32 Å². The van der Waals surface area contributed by atoms with Crippen LogP contribution in [0.2, 0.25) is 0 Å². The first-order valence-corrected chi connectivity index (χ1v) is 19.2. The van der Waals surface area contributed by atoms with Gasteiger partial charge in [-0.05, 0) is 32.4 Å². The molecule has 1 N–H and O–H groups in total. The van der Waals surface area contributed by atoms with Gasteiger partial charge in [-0.3, -0.25) is 9.69 Å². The molecule has 246 valence electrons. The molecule has 0 rings (SSSR count). The molecule has 1 amide bonds. The zero-order valence-electron chi connectivity index (χ0n) is 28.9. The molecule has 0 aromatic rings. The van der Waals surface area contributed by atoms with Gasteiger partial charge in [-0.2, -0.15) is 0 Å². The zero-order chi connectivity index (χ0) is 29.9. The molecule has 0 aliphatic heterocycles. The molecule has 3 nitrogen and oxygen atoms in total. The quantitative estimate of drug-likeness (QED) is 0.0758. The van der Waals surface area contributed by atoms with Crippen molar-refractivity contribution in [1.29, 1.82) is 0 Å². The fourth-order valence-electron chi connectivity index (χ4n) is 6.01. The number of hydrogen-bond acceptors (Lipinski definition) is 2. The third kappa shape index (κ3) is 33.8. The summed E-state index contributed by atoms with van der Waals surface area (Å²) in [5, 5.41) is 3.24. The van der Waals surface area contributed by atoms with Crippen LogP contribution in [0.25, 0.3) is 0 Å². The van der Waals surface area contributed by atoms with Crippen LogP contribution in [-0.2, 0) is 4.79 Å². The van der Waals surface area contributed by atoms with Gasteiger partial charge in [0.25, 0.3) is 0 Å². The number of nitrogens with one attached hydrogen (secondary N) is 1. The van der Waals surface area contributed by atoms with Crippen LogP contribution in [0.5, 0.6) is 0 Å². The summed E-state index contributed by atoms with van der Waals surface area (Å²) in [5.74, 6) is 0.250. The molecule has 0 unspecified atom stereocenters. The minimum atomic E-state index is 0.250. The first-order valence-electron chi connectivity index (χ1n) is 19.2. The van der Waals surface area contributed by atoms with Crippen LogP contribution in [0.1, 0.15) is 213 Å². The van der Waals surface area contributed by atoms with E-state index in [9.17, 15) is 4.79 Å². The Hall–Kier alpha value is -0.570. The van der Waals surface area contributed by atoms with Gasteiger partial charge in [-0.25, -0.2) is 0 Å². The van der Waals surface area contributed by atoms with Crippen molar-refractivity contribution in [2.45, 2.75) is 213 Å². The predicted octanol–water partition coefficient (Wildman–Crippen LogP) is 12.2. The highest BCUT2D eigenvalue weighted by Crippen LogP contribution is 2.13. The number of carbonyl (C=O) groups is 1. The van der Waals surface area contributed by atoms with Crippen molar-refractivity contribution in [3.8, 4) is 0 Å². The molecule has 0 saturated carbocycles. The smallest absolute Gasteiger partial charge is 0.234 e. The number of rotatable bonds is 35. The van der Waals surface area contributed by atoms with Gasteiger partial charge in [0.2, 0.25) is 5.91 Å². The minimum absolute atomic E-state index is 0.250. The van der Waals surface area contributed by atoms with Crippen molar-refractivity contribution in [2.24, 2.45) is 0 Å². The molecule has 3 heteroatoms. The number of unbranched alkanes of at least 4 members (excludes halogenated alkanes) is 27. The van der Waals surface area contributed by atoms with Crippen molar-refractivity contribution in [1.82, 2.24) is 10.2 Å². The van der Waals surface area contributed by atoms with Gasteiger partial charge < -0.3 is 5.32 Å². The molecule has 0 atom stereocenters. The lowest BCUT2D eigenvalue weighted by atomic mass is 10.1. The van der Waals surface area contributed by atoms with Gasteiger partial charge in [-0.15, -0.1) is 0 Å².